The van der Waals surface area contributed by atoms with Gasteiger partial charge in [-0.1, -0.05) is 28.9 Å². The highest BCUT2D eigenvalue weighted by atomic mass is 35.5. The summed E-state index contributed by atoms with van der Waals surface area (Å²) in [6.45, 7) is 0. The number of H-pyrrole nitrogens is 1. The van der Waals surface area contributed by atoms with Crippen LogP contribution in [-0.4, -0.2) is 20.6 Å². The minimum Gasteiger partial charge on any atom is -0.380 e. The molecular formula is C11H7ClFN5O. The zero-order valence-corrected chi connectivity index (χ0v) is 10.1. The summed E-state index contributed by atoms with van der Waals surface area (Å²) in [5, 5.41) is 13.6. The van der Waals surface area contributed by atoms with Crippen LogP contribution in [0.25, 0.3) is 22.6 Å². The molecule has 6 nitrogen and oxygen atoms in total. The zero-order chi connectivity index (χ0) is 13.4. The van der Waals surface area contributed by atoms with E-state index in [1.165, 1.54) is 18.3 Å². The number of nitrogen functional groups attached to an aromatic ring is 1. The zero-order valence-electron chi connectivity index (χ0n) is 9.39. The molecule has 0 spiro atoms. The topological polar surface area (TPSA) is 93.6 Å². The van der Waals surface area contributed by atoms with Gasteiger partial charge in [0.15, 0.2) is 17.3 Å². The molecule has 0 atom stereocenters. The first-order valence-corrected chi connectivity index (χ1v) is 5.62. The molecule has 0 aliphatic rings. The van der Waals surface area contributed by atoms with Crippen LogP contribution in [0.4, 0.5) is 10.2 Å². The van der Waals surface area contributed by atoms with E-state index in [-0.39, 0.29) is 22.2 Å². The third-order valence-electron chi connectivity index (χ3n) is 2.59. The molecule has 3 rings (SSSR count). The van der Waals surface area contributed by atoms with Crippen molar-refractivity contribution in [1.29, 1.82) is 0 Å². The van der Waals surface area contributed by atoms with Gasteiger partial charge in [-0.2, -0.15) is 15.4 Å². The second-order valence-corrected chi connectivity index (χ2v) is 4.14. The van der Waals surface area contributed by atoms with Crippen LogP contribution in [0.2, 0.25) is 5.02 Å². The molecule has 3 aromatic rings. The Hall–Kier alpha value is -2.41. The van der Waals surface area contributed by atoms with E-state index in [1.807, 2.05) is 0 Å². The monoisotopic (exact) mass is 279 g/mol. The largest absolute Gasteiger partial charge is 0.380 e. The third kappa shape index (κ3) is 1.84. The quantitative estimate of drug-likeness (QED) is 0.751. The van der Waals surface area contributed by atoms with Crippen molar-refractivity contribution >= 4 is 17.4 Å². The van der Waals surface area contributed by atoms with E-state index in [9.17, 15) is 4.39 Å². The number of aromatic amines is 1. The molecule has 0 fully saturated rings. The van der Waals surface area contributed by atoms with Gasteiger partial charge in [-0.3, -0.25) is 0 Å². The number of benzene rings is 1. The number of hydrogen-bond donors (Lipinski definition) is 2. The van der Waals surface area contributed by atoms with Gasteiger partial charge in [-0.05, 0) is 6.07 Å². The number of nitrogens with one attached hydrogen (secondary N) is 1. The molecule has 2 heterocycles. The van der Waals surface area contributed by atoms with Crippen LogP contribution in [0.15, 0.2) is 28.9 Å². The molecule has 3 N–H and O–H groups in total. The van der Waals surface area contributed by atoms with Crippen LogP contribution in [0.5, 0.6) is 0 Å². The third-order valence-corrected chi connectivity index (χ3v) is 2.88. The molecule has 0 aliphatic heterocycles. The van der Waals surface area contributed by atoms with Gasteiger partial charge >= 0.3 is 0 Å². The number of halogens is 2. The van der Waals surface area contributed by atoms with Crippen molar-refractivity contribution in [2.75, 3.05) is 5.73 Å². The van der Waals surface area contributed by atoms with Crippen LogP contribution in [-0.2, 0) is 0 Å². The first kappa shape index (κ1) is 11.7. The Morgan fingerprint density at radius 3 is 2.95 bits per heavy atom. The average molecular weight is 280 g/mol. The molecule has 19 heavy (non-hydrogen) atoms. The Kier molecular flexibility index (Phi) is 2.68. The minimum atomic E-state index is -0.594. The molecule has 1 aromatic carbocycles. The fraction of sp³-hybridized carbons (Fsp3) is 0. The van der Waals surface area contributed by atoms with Gasteiger partial charge < -0.3 is 10.3 Å². The lowest BCUT2D eigenvalue weighted by Crippen LogP contribution is -1.92. The van der Waals surface area contributed by atoms with Crippen LogP contribution in [0.3, 0.4) is 0 Å². The Bertz CT molecular complexity index is 725. The maximum atomic E-state index is 14.1. The smallest absolute Gasteiger partial charge is 0.198 e. The van der Waals surface area contributed by atoms with Gasteiger partial charge in [-0.15, -0.1) is 0 Å². The SMILES string of the molecule is Nc1noc(-c2cn[nH]n2)c1-c1cccc(Cl)c1F. The molecule has 0 saturated heterocycles. The molecule has 0 bridgehead atoms. The second-order valence-electron chi connectivity index (χ2n) is 3.73. The van der Waals surface area contributed by atoms with E-state index >= 15 is 0 Å². The van der Waals surface area contributed by atoms with E-state index in [4.69, 9.17) is 21.9 Å². The number of hydrogen-bond acceptors (Lipinski definition) is 5. The molecule has 0 amide bonds. The van der Waals surface area contributed by atoms with Gasteiger partial charge in [-0.25, -0.2) is 4.39 Å². The van der Waals surface area contributed by atoms with Crippen molar-refractivity contribution in [3.05, 3.63) is 35.2 Å². The summed E-state index contributed by atoms with van der Waals surface area (Å²) >= 11 is 5.76. The maximum absolute atomic E-state index is 14.1. The van der Waals surface area contributed by atoms with Crippen LogP contribution >= 0.6 is 11.6 Å². The van der Waals surface area contributed by atoms with E-state index < -0.39 is 5.82 Å². The lowest BCUT2D eigenvalue weighted by molar-refractivity contribution is 0.434. The normalized spacial score (nSPS) is 10.8. The van der Waals surface area contributed by atoms with E-state index in [2.05, 4.69) is 20.6 Å². The van der Waals surface area contributed by atoms with Crippen molar-refractivity contribution in [3.8, 4) is 22.6 Å². The first-order chi connectivity index (χ1) is 9.18. The van der Waals surface area contributed by atoms with Crippen LogP contribution in [0, 0.1) is 5.82 Å². The predicted molar refractivity (Wildman–Crippen MR) is 66.7 cm³/mol. The van der Waals surface area contributed by atoms with E-state index in [1.54, 1.807) is 6.07 Å². The molecule has 2 aromatic heterocycles. The maximum Gasteiger partial charge on any atom is 0.198 e. The summed E-state index contributed by atoms with van der Waals surface area (Å²) in [5.74, 6) is -0.310. The summed E-state index contributed by atoms with van der Waals surface area (Å²) < 4.78 is 19.1. The lowest BCUT2D eigenvalue weighted by atomic mass is 10.0. The van der Waals surface area contributed by atoms with E-state index in [0.717, 1.165) is 0 Å². The van der Waals surface area contributed by atoms with Crippen LogP contribution in [0.1, 0.15) is 0 Å². The number of aromatic nitrogens is 4. The first-order valence-electron chi connectivity index (χ1n) is 5.24. The summed E-state index contributed by atoms with van der Waals surface area (Å²) in [4.78, 5) is 0. The highest BCUT2D eigenvalue weighted by molar-refractivity contribution is 6.31. The second kappa shape index (κ2) is 4.36. The Morgan fingerprint density at radius 1 is 1.37 bits per heavy atom. The standard InChI is InChI=1S/C11H7ClFN5O/c12-6-3-1-2-5(9(6)13)8-10(19-17-11(8)14)7-4-15-18-16-7/h1-4H,(H2,14,17)(H,15,16,18). The average Bonchev–Trinajstić information content (AvgIpc) is 3.02. The number of anilines is 1. The number of nitrogens with two attached hydrogens (primary N) is 1. The van der Waals surface area contributed by atoms with E-state index in [0.29, 0.717) is 11.3 Å². The fourth-order valence-electron chi connectivity index (χ4n) is 1.75. The van der Waals surface area contributed by atoms with Gasteiger partial charge in [0.1, 0.15) is 5.82 Å². The molecule has 8 heteroatoms. The molecular weight excluding hydrogens is 273 g/mol. The predicted octanol–water partition coefficient (Wildman–Crippen LogP) is 2.50. The highest BCUT2D eigenvalue weighted by Gasteiger charge is 2.22. The molecule has 0 unspecified atom stereocenters. The van der Waals surface area contributed by atoms with Crippen molar-refractivity contribution in [2.45, 2.75) is 0 Å². The number of nitrogens with zero attached hydrogens (tertiary/aromatic N) is 3. The van der Waals surface area contributed by atoms with Gasteiger partial charge in [0.05, 0.1) is 16.8 Å². The lowest BCUT2D eigenvalue weighted by Gasteiger charge is -2.03. The summed E-state index contributed by atoms with van der Waals surface area (Å²) in [5.41, 5.74) is 6.60. The summed E-state index contributed by atoms with van der Waals surface area (Å²) in [7, 11) is 0. The fourth-order valence-corrected chi connectivity index (χ4v) is 1.92. The minimum absolute atomic E-state index is 0.01000. The molecule has 0 saturated carbocycles. The Morgan fingerprint density at radius 2 is 2.21 bits per heavy atom. The van der Waals surface area contributed by atoms with Gasteiger partial charge in [0.25, 0.3) is 0 Å². The summed E-state index contributed by atoms with van der Waals surface area (Å²) in [6, 6.07) is 4.59. The molecule has 96 valence electrons. The molecule has 0 aliphatic carbocycles. The van der Waals surface area contributed by atoms with Crippen LogP contribution < -0.4 is 5.73 Å². The van der Waals surface area contributed by atoms with Crippen molar-refractivity contribution in [2.24, 2.45) is 0 Å². The van der Waals surface area contributed by atoms with Gasteiger partial charge in [0.2, 0.25) is 0 Å². The van der Waals surface area contributed by atoms with Crippen molar-refractivity contribution < 1.29 is 8.91 Å². The van der Waals surface area contributed by atoms with Gasteiger partial charge in [0, 0.05) is 5.56 Å². The summed E-state index contributed by atoms with van der Waals surface area (Å²) in [6.07, 6.45) is 1.42. The Labute approximate surface area is 111 Å². The Balaban J connectivity index is 2.26. The van der Waals surface area contributed by atoms with Crippen molar-refractivity contribution in [3.63, 3.8) is 0 Å². The molecule has 0 radical (unpaired) electrons. The number of rotatable bonds is 2. The van der Waals surface area contributed by atoms with Crippen molar-refractivity contribution in [1.82, 2.24) is 20.6 Å². The highest BCUT2D eigenvalue weighted by Crippen LogP contribution is 2.38.